The molecule has 1 aliphatic heterocycles. The Bertz CT molecular complexity index is 705. The van der Waals surface area contributed by atoms with Gasteiger partial charge < -0.3 is 14.0 Å². The van der Waals surface area contributed by atoms with Gasteiger partial charge in [-0.05, 0) is 34.6 Å². The molecule has 0 saturated carbocycles. The Morgan fingerprint density at radius 1 is 1.30 bits per heavy atom. The summed E-state index contributed by atoms with van der Waals surface area (Å²) in [6.07, 6.45) is -5.14. The first-order chi connectivity index (χ1) is 12.2. The molecule has 0 spiro atoms. The highest BCUT2D eigenvalue weighted by atomic mass is 35.5. The number of aryl methyl sites for hydroxylation is 1. The van der Waals surface area contributed by atoms with Crippen LogP contribution in [0, 0.1) is 0 Å². The number of alkyl halides is 3. The van der Waals surface area contributed by atoms with Crippen LogP contribution in [0.3, 0.4) is 0 Å². The van der Waals surface area contributed by atoms with E-state index in [2.05, 4.69) is 5.10 Å². The van der Waals surface area contributed by atoms with Crippen molar-refractivity contribution in [1.29, 1.82) is 0 Å². The molecule has 1 unspecified atom stereocenters. The molecule has 1 aromatic rings. The van der Waals surface area contributed by atoms with Gasteiger partial charge in [-0.1, -0.05) is 11.6 Å². The lowest BCUT2D eigenvalue weighted by atomic mass is 9.66. The van der Waals surface area contributed by atoms with Crippen molar-refractivity contribution in [2.45, 2.75) is 64.2 Å². The van der Waals surface area contributed by atoms with E-state index in [-0.39, 0.29) is 23.7 Å². The van der Waals surface area contributed by atoms with E-state index >= 15 is 0 Å². The van der Waals surface area contributed by atoms with Crippen LogP contribution in [0.4, 0.5) is 13.2 Å². The Kier molecular flexibility index (Phi) is 5.95. The monoisotopic (exact) mass is 410 g/mol. The molecule has 0 bridgehead atoms. The van der Waals surface area contributed by atoms with Crippen molar-refractivity contribution in [2.75, 3.05) is 6.61 Å². The molecular formula is C16H23BClF3N2O4. The molecule has 1 aromatic heterocycles. The topological polar surface area (TPSA) is 62.6 Å². The van der Waals surface area contributed by atoms with Gasteiger partial charge in [-0.2, -0.15) is 18.3 Å². The van der Waals surface area contributed by atoms with Crippen molar-refractivity contribution in [3.8, 4) is 0 Å². The van der Waals surface area contributed by atoms with E-state index in [1.165, 1.54) is 7.05 Å². The zero-order valence-electron chi connectivity index (χ0n) is 16.1. The van der Waals surface area contributed by atoms with Gasteiger partial charge in [0.25, 0.3) is 0 Å². The SMILES string of the molecule is CCOC(=O)CC(B1OC(C)(C)C(C)(C)O1)c1c(C(F)(F)F)nn(C)c1Cl. The molecule has 6 nitrogen and oxygen atoms in total. The number of nitrogens with zero attached hydrogens (tertiary/aromatic N) is 2. The summed E-state index contributed by atoms with van der Waals surface area (Å²) in [6, 6.07) is 0. The van der Waals surface area contributed by atoms with Crippen LogP contribution in [-0.4, -0.2) is 40.7 Å². The lowest BCUT2D eigenvalue weighted by molar-refractivity contribution is -0.145. The highest BCUT2D eigenvalue weighted by Crippen LogP contribution is 2.46. The number of aromatic nitrogens is 2. The van der Waals surface area contributed by atoms with Crippen LogP contribution in [0.1, 0.15) is 58.1 Å². The summed E-state index contributed by atoms with van der Waals surface area (Å²) in [6.45, 7) is 8.78. The fourth-order valence-corrected chi connectivity index (χ4v) is 3.11. The number of carbonyl (C=O) groups excluding carboxylic acids is 1. The minimum absolute atomic E-state index is 0.0990. The Morgan fingerprint density at radius 3 is 2.26 bits per heavy atom. The van der Waals surface area contributed by atoms with E-state index in [9.17, 15) is 18.0 Å². The van der Waals surface area contributed by atoms with Crippen LogP contribution in [0.15, 0.2) is 0 Å². The van der Waals surface area contributed by atoms with Gasteiger partial charge in [0.15, 0.2) is 5.69 Å². The number of halogens is 4. The van der Waals surface area contributed by atoms with Gasteiger partial charge in [0.1, 0.15) is 5.15 Å². The van der Waals surface area contributed by atoms with Crippen molar-refractivity contribution in [2.24, 2.45) is 7.05 Å². The second-order valence-corrected chi connectivity index (χ2v) is 7.77. The summed E-state index contributed by atoms with van der Waals surface area (Å²) >= 11 is 6.13. The smallest absolute Gasteiger partial charge is 0.466 e. The molecule has 1 atom stereocenters. The van der Waals surface area contributed by atoms with Crippen molar-refractivity contribution in [3.63, 3.8) is 0 Å². The summed E-state index contributed by atoms with van der Waals surface area (Å²) in [5, 5.41) is 3.27. The van der Waals surface area contributed by atoms with Crippen molar-refractivity contribution < 1.29 is 32.0 Å². The van der Waals surface area contributed by atoms with Crippen LogP contribution in [0.5, 0.6) is 0 Å². The summed E-state index contributed by atoms with van der Waals surface area (Å²) in [5.74, 6) is -1.81. The molecule has 0 aromatic carbocycles. The fraction of sp³-hybridized carbons (Fsp3) is 0.750. The highest BCUT2D eigenvalue weighted by Gasteiger charge is 2.56. The van der Waals surface area contributed by atoms with Crippen LogP contribution < -0.4 is 0 Å². The average molecular weight is 411 g/mol. The molecule has 1 saturated heterocycles. The number of carbonyl (C=O) groups is 1. The zero-order valence-corrected chi connectivity index (χ0v) is 16.9. The van der Waals surface area contributed by atoms with E-state index in [4.69, 9.17) is 25.6 Å². The van der Waals surface area contributed by atoms with Crippen molar-refractivity contribution >= 4 is 24.7 Å². The average Bonchev–Trinajstić information content (AvgIpc) is 2.90. The van der Waals surface area contributed by atoms with Gasteiger partial charge in [-0.25, -0.2) is 0 Å². The first-order valence-corrected chi connectivity index (χ1v) is 8.90. The Labute approximate surface area is 161 Å². The summed E-state index contributed by atoms with van der Waals surface area (Å²) in [4.78, 5) is 12.1. The van der Waals surface area contributed by atoms with E-state index < -0.39 is 42.0 Å². The number of esters is 1. The van der Waals surface area contributed by atoms with Gasteiger partial charge in [0.2, 0.25) is 0 Å². The standard InChI is InChI=1S/C16H23BClF3N2O4/c1-7-25-10(24)8-9(17-26-14(2,3)15(4,5)27-17)11-12(16(19,20)21)22-23(6)13(11)18/h9H,7-8H2,1-6H3. The van der Waals surface area contributed by atoms with Crippen LogP contribution in [0.2, 0.25) is 5.15 Å². The van der Waals surface area contributed by atoms with E-state index in [1.54, 1.807) is 34.6 Å². The quantitative estimate of drug-likeness (QED) is 0.546. The van der Waals surface area contributed by atoms with Gasteiger partial charge in [0, 0.05) is 18.4 Å². The third-order valence-electron chi connectivity index (χ3n) is 4.94. The van der Waals surface area contributed by atoms with Crippen LogP contribution >= 0.6 is 11.6 Å². The maximum atomic E-state index is 13.5. The third-order valence-corrected chi connectivity index (χ3v) is 5.39. The highest BCUT2D eigenvalue weighted by molar-refractivity contribution is 6.48. The number of hydrogen-bond donors (Lipinski definition) is 0. The molecule has 152 valence electrons. The Morgan fingerprint density at radius 2 is 1.81 bits per heavy atom. The first kappa shape index (κ1) is 22.0. The minimum atomic E-state index is -4.75. The molecule has 27 heavy (non-hydrogen) atoms. The second kappa shape index (κ2) is 7.29. The van der Waals surface area contributed by atoms with Crippen molar-refractivity contribution in [3.05, 3.63) is 16.4 Å². The molecule has 0 N–H and O–H groups in total. The lowest BCUT2D eigenvalue weighted by Crippen LogP contribution is -2.41. The maximum Gasteiger partial charge on any atom is 0.466 e. The predicted octanol–water partition coefficient (Wildman–Crippen LogP) is 3.76. The van der Waals surface area contributed by atoms with Gasteiger partial charge in [0.05, 0.1) is 24.2 Å². The molecule has 11 heteroatoms. The summed E-state index contributed by atoms with van der Waals surface area (Å²) in [7, 11) is 0.175. The molecule has 0 aliphatic carbocycles. The van der Waals surface area contributed by atoms with E-state index in [1.807, 2.05) is 0 Å². The molecule has 2 rings (SSSR count). The molecule has 2 heterocycles. The molecule has 0 amide bonds. The molecular weight excluding hydrogens is 387 g/mol. The molecule has 1 aliphatic rings. The fourth-order valence-electron chi connectivity index (χ4n) is 2.84. The van der Waals surface area contributed by atoms with Crippen LogP contribution in [0.25, 0.3) is 0 Å². The zero-order chi connectivity index (χ0) is 20.8. The second-order valence-electron chi connectivity index (χ2n) is 7.41. The summed E-state index contributed by atoms with van der Waals surface area (Å²) in [5.41, 5.74) is -3.09. The first-order valence-electron chi connectivity index (χ1n) is 8.52. The normalized spacial score (nSPS) is 20.0. The lowest BCUT2D eigenvalue weighted by Gasteiger charge is -2.32. The maximum absolute atomic E-state index is 13.5. The van der Waals surface area contributed by atoms with Crippen LogP contribution in [-0.2, 0) is 32.1 Å². The van der Waals surface area contributed by atoms with Crippen molar-refractivity contribution in [1.82, 2.24) is 9.78 Å². The number of hydrogen-bond acceptors (Lipinski definition) is 5. The molecule has 0 radical (unpaired) electrons. The largest absolute Gasteiger partial charge is 0.466 e. The minimum Gasteiger partial charge on any atom is -0.466 e. The predicted molar refractivity (Wildman–Crippen MR) is 93.3 cm³/mol. The Hall–Kier alpha value is -1.26. The van der Waals surface area contributed by atoms with Gasteiger partial charge in [-0.3, -0.25) is 9.48 Å². The van der Waals surface area contributed by atoms with E-state index in [0.717, 1.165) is 4.68 Å². The number of ether oxygens (including phenoxy) is 1. The molecule has 1 fully saturated rings. The summed E-state index contributed by atoms with van der Waals surface area (Å²) < 4.78 is 58.3. The van der Waals surface area contributed by atoms with Gasteiger partial charge >= 0.3 is 19.3 Å². The van der Waals surface area contributed by atoms with E-state index in [0.29, 0.717) is 0 Å². The number of rotatable bonds is 5. The Balaban J connectivity index is 2.54. The van der Waals surface area contributed by atoms with Gasteiger partial charge in [-0.15, -0.1) is 0 Å². The third kappa shape index (κ3) is 4.27.